The minimum absolute atomic E-state index is 0.0326. The first-order valence-corrected chi connectivity index (χ1v) is 7.43. The van der Waals surface area contributed by atoms with Crippen molar-refractivity contribution in [2.75, 3.05) is 19.6 Å². The van der Waals surface area contributed by atoms with Gasteiger partial charge >= 0.3 is 6.18 Å². The van der Waals surface area contributed by atoms with E-state index in [9.17, 15) is 18.0 Å². The van der Waals surface area contributed by atoms with Crippen LogP contribution in [-0.4, -0.2) is 43.2 Å². The van der Waals surface area contributed by atoms with Crippen LogP contribution in [0.3, 0.4) is 0 Å². The summed E-state index contributed by atoms with van der Waals surface area (Å²) in [6.07, 6.45) is -4.43. The van der Waals surface area contributed by atoms with Gasteiger partial charge in [0.2, 0.25) is 5.91 Å². The van der Waals surface area contributed by atoms with E-state index >= 15 is 0 Å². The van der Waals surface area contributed by atoms with Crippen LogP contribution in [0.1, 0.15) is 47.0 Å². The highest BCUT2D eigenvalue weighted by molar-refractivity contribution is 5.85. The van der Waals surface area contributed by atoms with Gasteiger partial charge in [-0.25, -0.2) is 4.99 Å². The maximum absolute atomic E-state index is 12.0. The van der Waals surface area contributed by atoms with Crippen molar-refractivity contribution >= 4 is 11.9 Å². The van der Waals surface area contributed by atoms with E-state index < -0.39 is 12.6 Å². The van der Waals surface area contributed by atoms with E-state index in [2.05, 4.69) is 20.9 Å². The molecule has 1 amide bonds. The number of unbranched alkanes of at least 4 members (excludes halogenated alkanes) is 1. The van der Waals surface area contributed by atoms with Gasteiger partial charge < -0.3 is 16.0 Å². The molecule has 0 aliphatic carbocycles. The smallest absolute Gasteiger partial charge is 0.357 e. The van der Waals surface area contributed by atoms with Gasteiger partial charge in [0.25, 0.3) is 0 Å². The summed E-state index contributed by atoms with van der Waals surface area (Å²) < 4.78 is 36.0. The molecule has 0 rings (SSSR count). The molecule has 0 spiro atoms. The predicted octanol–water partition coefficient (Wildman–Crippen LogP) is 2.19. The second kappa shape index (κ2) is 9.53. The van der Waals surface area contributed by atoms with Crippen LogP contribution in [0.15, 0.2) is 4.99 Å². The zero-order valence-corrected chi connectivity index (χ0v) is 13.7. The average molecular weight is 324 g/mol. The van der Waals surface area contributed by atoms with Gasteiger partial charge in [0, 0.05) is 25.0 Å². The molecule has 0 saturated heterocycles. The molecule has 0 aliphatic heterocycles. The molecule has 0 aliphatic rings. The van der Waals surface area contributed by atoms with Crippen molar-refractivity contribution in [2.45, 2.75) is 58.7 Å². The van der Waals surface area contributed by atoms with Crippen molar-refractivity contribution < 1.29 is 18.0 Å². The zero-order chi connectivity index (χ0) is 17.2. The molecule has 0 fully saturated rings. The third-order valence-electron chi connectivity index (χ3n) is 2.42. The summed E-state index contributed by atoms with van der Waals surface area (Å²) in [5.41, 5.74) is -0.323. The Bertz CT molecular complexity index is 362. The number of carbonyl (C=O) groups is 1. The van der Waals surface area contributed by atoms with Crippen molar-refractivity contribution in [3.8, 4) is 0 Å². The first kappa shape index (κ1) is 20.5. The van der Waals surface area contributed by atoms with E-state index in [4.69, 9.17) is 0 Å². The lowest BCUT2D eigenvalue weighted by Crippen LogP contribution is -2.43. The van der Waals surface area contributed by atoms with Gasteiger partial charge in [-0.15, -0.1) is 0 Å². The second-order valence-electron chi connectivity index (χ2n) is 5.99. The summed E-state index contributed by atoms with van der Waals surface area (Å²) in [4.78, 5) is 15.8. The number of guanidine groups is 1. The van der Waals surface area contributed by atoms with E-state index in [-0.39, 0.29) is 24.4 Å². The van der Waals surface area contributed by atoms with Gasteiger partial charge in [0.15, 0.2) is 5.96 Å². The Balaban J connectivity index is 4.14. The summed E-state index contributed by atoms with van der Waals surface area (Å²) in [6, 6.07) is 0. The van der Waals surface area contributed by atoms with Crippen LogP contribution < -0.4 is 16.0 Å². The summed E-state index contributed by atoms with van der Waals surface area (Å²) in [5.74, 6) is 0.223. The van der Waals surface area contributed by atoms with Crippen LogP contribution in [-0.2, 0) is 4.79 Å². The van der Waals surface area contributed by atoms with E-state index in [1.807, 2.05) is 27.7 Å². The number of hydrogen-bond donors (Lipinski definition) is 3. The van der Waals surface area contributed by atoms with Gasteiger partial charge in [0.1, 0.15) is 6.54 Å². The minimum atomic E-state index is -4.11. The number of halogens is 3. The Labute approximate surface area is 130 Å². The maximum Gasteiger partial charge on any atom is 0.389 e. The van der Waals surface area contributed by atoms with Crippen molar-refractivity contribution in [1.82, 2.24) is 16.0 Å². The number of nitrogens with zero attached hydrogens (tertiary/aromatic N) is 1. The number of carbonyl (C=O) groups excluding carboxylic acids is 1. The molecule has 8 heteroatoms. The highest BCUT2D eigenvalue weighted by atomic mass is 19.4. The fourth-order valence-corrected chi connectivity index (χ4v) is 1.61. The lowest BCUT2D eigenvalue weighted by atomic mass is 10.1. The minimum Gasteiger partial charge on any atom is -0.357 e. The van der Waals surface area contributed by atoms with Gasteiger partial charge in [-0.2, -0.15) is 13.2 Å². The van der Waals surface area contributed by atoms with Crippen LogP contribution in [0.2, 0.25) is 0 Å². The summed E-state index contributed by atoms with van der Waals surface area (Å²) in [5, 5.41) is 8.64. The zero-order valence-electron chi connectivity index (χ0n) is 13.7. The number of hydrogen-bond acceptors (Lipinski definition) is 2. The van der Waals surface area contributed by atoms with Crippen LogP contribution in [0, 0.1) is 0 Å². The monoisotopic (exact) mass is 324 g/mol. The number of nitrogens with one attached hydrogen (secondary N) is 3. The molecule has 0 atom stereocenters. The molecular weight excluding hydrogens is 297 g/mol. The number of amides is 1. The Morgan fingerprint density at radius 1 is 1.09 bits per heavy atom. The SMILES string of the molecule is CCNC(=NCC(=O)NC(C)(C)C)NCCCCC(F)(F)F. The van der Waals surface area contributed by atoms with E-state index in [1.165, 1.54) is 0 Å². The topological polar surface area (TPSA) is 65.5 Å². The summed E-state index contributed by atoms with van der Waals surface area (Å²) in [7, 11) is 0. The van der Waals surface area contributed by atoms with E-state index in [1.54, 1.807) is 0 Å². The molecule has 0 aromatic rings. The summed E-state index contributed by atoms with van der Waals surface area (Å²) >= 11 is 0. The molecule has 0 aromatic heterocycles. The van der Waals surface area contributed by atoms with Gasteiger partial charge in [-0.3, -0.25) is 4.79 Å². The molecule has 0 bridgehead atoms. The standard InChI is InChI=1S/C14H27F3N4O/c1-5-18-12(19-9-7-6-8-14(15,16)17)20-10-11(22)21-13(2,3)4/h5-10H2,1-4H3,(H,21,22)(H2,18,19,20). The predicted molar refractivity (Wildman–Crippen MR) is 81.8 cm³/mol. The lowest BCUT2D eigenvalue weighted by molar-refractivity contribution is -0.135. The van der Waals surface area contributed by atoms with Crippen LogP contribution in [0.4, 0.5) is 13.2 Å². The molecule has 3 N–H and O–H groups in total. The van der Waals surface area contributed by atoms with Crippen molar-refractivity contribution in [3.63, 3.8) is 0 Å². The second-order valence-corrected chi connectivity index (χ2v) is 5.99. The maximum atomic E-state index is 12.0. The third kappa shape index (κ3) is 13.5. The van der Waals surface area contributed by atoms with Gasteiger partial charge in [-0.05, 0) is 40.5 Å². The highest BCUT2D eigenvalue weighted by Gasteiger charge is 2.25. The van der Waals surface area contributed by atoms with Crippen molar-refractivity contribution in [1.29, 1.82) is 0 Å². The summed E-state index contributed by atoms with van der Waals surface area (Å²) in [6.45, 7) is 8.44. The van der Waals surface area contributed by atoms with Gasteiger partial charge in [0.05, 0.1) is 0 Å². The van der Waals surface area contributed by atoms with Crippen LogP contribution in [0.5, 0.6) is 0 Å². The van der Waals surface area contributed by atoms with E-state index in [0.29, 0.717) is 25.5 Å². The van der Waals surface area contributed by atoms with Crippen LogP contribution in [0.25, 0.3) is 0 Å². The Hall–Kier alpha value is -1.47. The Kier molecular flexibility index (Phi) is 8.89. The fraction of sp³-hybridized carbons (Fsp3) is 0.857. The normalized spacial score (nSPS) is 13.0. The Morgan fingerprint density at radius 3 is 2.23 bits per heavy atom. The fourth-order valence-electron chi connectivity index (χ4n) is 1.61. The molecule has 22 heavy (non-hydrogen) atoms. The van der Waals surface area contributed by atoms with Gasteiger partial charge in [-0.1, -0.05) is 0 Å². The van der Waals surface area contributed by atoms with Crippen molar-refractivity contribution in [3.05, 3.63) is 0 Å². The van der Waals surface area contributed by atoms with Crippen LogP contribution >= 0.6 is 0 Å². The van der Waals surface area contributed by atoms with Crippen molar-refractivity contribution in [2.24, 2.45) is 4.99 Å². The quantitative estimate of drug-likeness (QED) is 0.382. The molecule has 0 aromatic carbocycles. The molecule has 0 radical (unpaired) electrons. The Morgan fingerprint density at radius 2 is 1.73 bits per heavy atom. The molecule has 5 nitrogen and oxygen atoms in total. The largest absolute Gasteiger partial charge is 0.389 e. The van der Waals surface area contributed by atoms with E-state index in [0.717, 1.165) is 0 Å². The average Bonchev–Trinajstić information content (AvgIpc) is 2.31. The number of alkyl halides is 3. The number of aliphatic imine (C=N–C) groups is 1. The first-order chi connectivity index (χ1) is 10.0. The molecule has 130 valence electrons. The first-order valence-electron chi connectivity index (χ1n) is 7.43. The molecule has 0 saturated carbocycles. The number of rotatable bonds is 7. The third-order valence-corrected chi connectivity index (χ3v) is 2.42. The molecular formula is C14H27F3N4O. The lowest BCUT2D eigenvalue weighted by Gasteiger charge is -2.20. The molecule has 0 unspecified atom stereocenters. The molecule has 0 heterocycles. The highest BCUT2D eigenvalue weighted by Crippen LogP contribution is 2.21.